The fraction of sp³-hybridized carbons (Fsp3) is 0.381. The van der Waals surface area contributed by atoms with Gasteiger partial charge in [0.1, 0.15) is 5.82 Å². The lowest BCUT2D eigenvalue weighted by atomic mass is 10.1. The second-order valence-electron chi connectivity index (χ2n) is 7.19. The Labute approximate surface area is 149 Å². The van der Waals surface area contributed by atoms with Gasteiger partial charge in [-0.05, 0) is 50.6 Å². The molecule has 25 heavy (non-hydrogen) atoms. The van der Waals surface area contributed by atoms with E-state index >= 15 is 0 Å². The minimum atomic E-state index is 0.722. The maximum atomic E-state index is 4.78. The SMILES string of the molecule is Cc1nc(CN(C)CC2CCN(c3ccccc3)C2)c2ccccn12. The molecule has 2 aromatic heterocycles. The van der Waals surface area contributed by atoms with E-state index in [9.17, 15) is 0 Å². The number of hydrogen-bond acceptors (Lipinski definition) is 3. The maximum absolute atomic E-state index is 4.78. The molecule has 4 heteroatoms. The van der Waals surface area contributed by atoms with Crippen molar-refractivity contribution in [2.75, 3.05) is 31.6 Å². The van der Waals surface area contributed by atoms with Crippen LogP contribution in [-0.4, -0.2) is 41.0 Å². The Balaban J connectivity index is 1.39. The molecule has 0 bridgehead atoms. The summed E-state index contributed by atoms with van der Waals surface area (Å²) in [6.07, 6.45) is 3.36. The Kier molecular flexibility index (Phi) is 4.45. The number of fused-ring (bicyclic) bond motifs is 1. The third-order valence-electron chi connectivity index (χ3n) is 5.20. The highest BCUT2D eigenvalue weighted by Gasteiger charge is 2.24. The number of benzene rings is 1. The first kappa shape index (κ1) is 16.2. The second kappa shape index (κ2) is 6.89. The standard InChI is InChI=1S/C21H26N4/c1-17-22-20(21-10-6-7-12-25(17)21)16-23(2)14-18-11-13-24(15-18)19-8-4-3-5-9-19/h3-10,12,18H,11,13-16H2,1-2H3. The molecule has 1 aliphatic heterocycles. The molecule has 0 aliphatic carbocycles. The highest BCUT2D eigenvalue weighted by molar-refractivity contribution is 5.53. The van der Waals surface area contributed by atoms with Crippen LogP contribution in [0.2, 0.25) is 0 Å². The predicted octanol–water partition coefficient (Wildman–Crippen LogP) is 3.60. The van der Waals surface area contributed by atoms with Crippen molar-refractivity contribution in [2.24, 2.45) is 5.92 Å². The molecule has 3 heterocycles. The largest absolute Gasteiger partial charge is 0.371 e. The van der Waals surface area contributed by atoms with E-state index in [4.69, 9.17) is 4.98 Å². The van der Waals surface area contributed by atoms with Gasteiger partial charge in [-0.15, -0.1) is 0 Å². The number of aromatic nitrogens is 2. The van der Waals surface area contributed by atoms with E-state index in [-0.39, 0.29) is 0 Å². The van der Waals surface area contributed by atoms with Crippen molar-refractivity contribution in [1.29, 1.82) is 0 Å². The van der Waals surface area contributed by atoms with E-state index in [0.717, 1.165) is 37.9 Å². The molecule has 1 aromatic carbocycles. The number of nitrogens with zero attached hydrogens (tertiary/aromatic N) is 4. The van der Waals surface area contributed by atoms with Gasteiger partial charge in [0.2, 0.25) is 0 Å². The predicted molar refractivity (Wildman–Crippen MR) is 103 cm³/mol. The van der Waals surface area contributed by atoms with Crippen LogP contribution in [0, 0.1) is 12.8 Å². The van der Waals surface area contributed by atoms with Gasteiger partial charge >= 0.3 is 0 Å². The monoisotopic (exact) mass is 334 g/mol. The molecule has 3 aromatic rings. The maximum Gasteiger partial charge on any atom is 0.110 e. The molecule has 4 rings (SSSR count). The van der Waals surface area contributed by atoms with Crippen LogP contribution in [0.25, 0.3) is 5.52 Å². The Morgan fingerprint density at radius 2 is 1.92 bits per heavy atom. The Morgan fingerprint density at radius 1 is 1.12 bits per heavy atom. The summed E-state index contributed by atoms with van der Waals surface area (Å²) >= 11 is 0. The molecule has 130 valence electrons. The molecule has 1 fully saturated rings. The van der Waals surface area contributed by atoms with E-state index in [1.807, 2.05) is 0 Å². The third-order valence-corrected chi connectivity index (χ3v) is 5.20. The van der Waals surface area contributed by atoms with Crippen LogP contribution in [0.3, 0.4) is 0 Å². The third kappa shape index (κ3) is 3.40. The highest BCUT2D eigenvalue weighted by atomic mass is 15.2. The van der Waals surface area contributed by atoms with Gasteiger partial charge in [0.05, 0.1) is 11.2 Å². The van der Waals surface area contributed by atoms with Crippen molar-refractivity contribution in [2.45, 2.75) is 19.9 Å². The lowest BCUT2D eigenvalue weighted by Gasteiger charge is -2.22. The smallest absolute Gasteiger partial charge is 0.110 e. The molecule has 1 unspecified atom stereocenters. The van der Waals surface area contributed by atoms with Gasteiger partial charge in [0.25, 0.3) is 0 Å². The summed E-state index contributed by atoms with van der Waals surface area (Å²) in [5, 5.41) is 0. The molecule has 0 spiro atoms. The van der Waals surface area contributed by atoms with E-state index in [1.165, 1.54) is 23.3 Å². The van der Waals surface area contributed by atoms with E-state index < -0.39 is 0 Å². The van der Waals surface area contributed by atoms with Crippen molar-refractivity contribution < 1.29 is 0 Å². The van der Waals surface area contributed by atoms with Crippen LogP contribution in [0.5, 0.6) is 0 Å². The van der Waals surface area contributed by atoms with Gasteiger partial charge in [0, 0.05) is 38.1 Å². The fourth-order valence-electron chi connectivity index (χ4n) is 4.00. The van der Waals surface area contributed by atoms with Crippen molar-refractivity contribution in [1.82, 2.24) is 14.3 Å². The molecular weight excluding hydrogens is 308 g/mol. The van der Waals surface area contributed by atoms with Crippen LogP contribution in [0.1, 0.15) is 17.9 Å². The molecule has 0 N–H and O–H groups in total. The molecule has 0 radical (unpaired) electrons. The van der Waals surface area contributed by atoms with Gasteiger partial charge in [0.15, 0.2) is 0 Å². The van der Waals surface area contributed by atoms with Crippen molar-refractivity contribution in [3.05, 3.63) is 66.2 Å². The van der Waals surface area contributed by atoms with Crippen molar-refractivity contribution in [3.8, 4) is 0 Å². The van der Waals surface area contributed by atoms with Gasteiger partial charge in [-0.3, -0.25) is 0 Å². The van der Waals surface area contributed by atoms with E-state index in [2.05, 4.69) is 82.9 Å². The highest BCUT2D eigenvalue weighted by Crippen LogP contribution is 2.24. The second-order valence-corrected chi connectivity index (χ2v) is 7.19. The molecule has 4 nitrogen and oxygen atoms in total. The van der Waals surface area contributed by atoms with Crippen LogP contribution in [-0.2, 0) is 6.54 Å². The van der Waals surface area contributed by atoms with Crippen LogP contribution in [0.4, 0.5) is 5.69 Å². The number of pyridine rings is 1. The first-order chi connectivity index (χ1) is 12.2. The number of rotatable bonds is 5. The van der Waals surface area contributed by atoms with Gasteiger partial charge in [-0.25, -0.2) is 4.98 Å². The van der Waals surface area contributed by atoms with Gasteiger partial charge in [-0.2, -0.15) is 0 Å². The first-order valence-corrected chi connectivity index (χ1v) is 9.12. The molecule has 1 saturated heterocycles. The summed E-state index contributed by atoms with van der Waals surface area (Å²) in [5.74, 6) is 1.79. The minimum absolute atomic E-state index is 0.722. The molecule has 1 aliphatic rings. The lowest BCUT2D eigenvalue weighted by Crippen LogP contribution is -2.28. The quantitative estimate of drug-likeness (QED) is 0.712. The van der Waals surface area contributed by atoms with Crippen molar-refractivity contribution >= 4 is 11.2 Å². The number of imidazole rings is 1. The molecule has 1 atom stereocenters. The van der Waals surface area contributed by atoms with Crippen molar-refractivity contribution in [3.63, 3.8) is 0 Å². The molecule has 0 amide bonds. The number of hydrogen-bond donors (Lipinski definition) is 0. The number of aryl methyl sites for hydroxylation is 1. The molecular formula is C21H26N4. The zero-order valence-corrected chi connectivity index (χ0v) is 15.1. The Bertz CT molecular complexity index is 839. The fourth-order valence-corrected chi connectivity index (χ4v) is 4.00. The normalized spacial score (nSPS) is 17.7. The summed E-state index contributed by atoms with van der Waals surface area (Å²) in [6, 6.07) is 17.1. The summed E-state index contributed by atoms with van der Waals surface area (Å²) in [4.78, 5) is 9.71. The average Bonchev–Trinajstić information content (AvgIpc) is 3.21. The summed E-state index contributed by atoms with van der Waals surface area (Å²) in [7, 11) is 2.22. The van der Waals surface area contributed by atoms with E-state index in [0.29, 0.717) is 0 Å². The van der Waals surface area contributed by atoms with Crippen LogP contribution in [0.15, 0.2) is 54.7 Å². The summed E-state index contributed by atoms with van der Waals surface area (Å²) in [6.45, 7) is 6.41. The van der Waals surface area contributed by atoms with Crippen LogP contribution >= 0.6 is 0 Å². The Morgan fingerprint density at radius 3 is 2.76 bits per heavy atom. The molecule has 0 saturated carbocycles. The topological polar surface area (TPSA) is 23.8 Å². The first-order valence-electron chi connectivity index (χ1n) is 9.12. The van der Waals surface area contributed by atoms with Crippen LogP contribution < -0.4 is 4.90 Å². The summed E-state index contributed by atoms with van der Waals surface area (Å²) < 4.78 is 2.18. The zero-order valence-electron chi connectivity index (χ0n) is 15.1. The lowest BCUT2D eigenvalue weighted by molar-refractivity contribution is 0.278. The Hall–Kier alpha value is -2.33. The number of anilines is 1. The minimum Gasteiger partial charge on any atom is -0.371 e. The van der Waals surface area contributed by atoms with E-state index in [1.54, 1.807) is 0 Å². The number of para-hydroxylation sites is 1. The zero-order chi connectivity index (χ0) is 17.2. The van der Waals surface area contributed by atoms with Gasteiger partial charge in [-0.1, -0.05) is 24.3 Å². The summed E-state index contributed by atoms with van der Waals surface area (Å²) in [5.41, 5.74) is 3.76. The van der Waals surface area contributed by atoms with Gasteiger partial charge < -0.3 is 14.2 Å². The average molecular weight is 334 g/mol.